The van der Waals surface area contributed by atoms with Crippen molar-refractivity contribution in [3.8, 4) is 0 Å². The van der Waals surface area contributed by atoms with E-state index in [1.54, 1.807) is 6.92 Å². The molecular weight excluding hydrogens is 332 g/mol. The second-order valence-corrected chi connectivity index (χ2v) is 8.02. The van der Waals surface area contributed by atoms with Crippen LogP contribution in [0.15, 0.2) is 29.3 Å². The van der Waals surface area contributed by atoms with Crippen LogP contribution in [0.25, 0.3) is 4.96 Å². The first-order valence-electron chi connectivity index (χ1n) is 7.31. The zero-order valence-electron chi connectivity index (χ0n) is 13.2. The van der Waals surface area contributed by atoms with Gasteiger partial charge in [0.2, 0.25) is 4.96 Å². The molecule has 0 fully saturated rings. The minimum absolute atomic E-state index is 0.122. The van der Waals surface area contributed by atoms with Gasteiger partial charge in [-0.3, -0.25) is 0 Å². The number of aromatic nitrogens is 3. The Hall–Kier alpha value is -1.77. The predicted molar refractivity (Wildman–Crippen MR) is 90.2 cm³/mol. The second-order valence-electron chi connectivity index (χ2n) is 5.30. The first-order valence-corrected chi connectivity index (χ1v) is 9.61. The molecule has 0 radical (unpaired) electrons. The predicted octanol–water partition coefficient (Wildman–Crippen LogP) is 2.45. The van der Waals surface area contributed by atoms with E-state index in [1.807, 2.05) is 38.1 Å². The number of aryl methyl sites for hydroxylation is 3. The summed E-state index contributed by atoms with van der Waals surface area (Å²) in [7, 11) is -3.69. The molecule has 0 saturated carbocycles. The molecule has 3 aromatic rings. The summed E-state index contributed by atoms with van der Waals surface area (Å²) in [5, 5.41) is 5.33. The van der Waals surface area contributed by atoms with E-state index in [4.69, 9.17) is 0 Å². The number of benzene rings is 1. The summed E-state index contributed by atoms with van der Waals surface area (Å²) in [5.41, 5.74) is 2.46. The topological polar surface area (TPSA) is 76.4 Å². The lowest BCUT2D eigenvalue weighted by molar-refractivity contribution is 0.572. The number of fused-ring (bicyclic) bond motifs is 1. The number of hydrogen-bond donors (Lipinski definition) is 1. The third-order valence-electron chi connectivity index (χ3n) is 3.64. The van der Waals surface area contributed by atoms with E-state index in [-0.39, 0.29) is 11.6 Å². The van der Waals surface area contributed by atoms with Crippen molar-refractivity contribution in [1.29, 1.82) is 0 Å². The van der Waals surface area contributed by atoms with Crippen LogP contribution < -0.4 is 4.72 Å². The Balaban J connectivity index is 1.95. The van der Waals surface area contributed by atoms with Crippen molar-refractivity contribution in [1.82, 2.24) is 19.3 Å². The van der Waals surface area contributed by atoms with Gasteiger partial charge in [0.05, 0.1) is 5.69 Å². The molecule has 8 heteroatoms. The molecule has 2 aromatic heterocycles. The highest BCUT2D eigenvalue weighted by Gasteiger charge is 2.25. The monoisotopic (exact) mass is 350 g/mol. The Labute approximate surface area is 139 Å². The number of hydrogen-bond acceptors (Lipinski definition) is 5. The van der Waals surface area contributed by atoms with Crippen molar-refractivity contribution in [3.05, 3.63) is 46.1 Å². The lowest BCUT2D eigenvalue weighted by Crippen LogP contribution is -2.25. The molecular formula is C15H18N4O2S2. The quantitative estimate of drug-likeness (QED) is 0.767. The molecule has 0 saturated heterocycles. The molecule has 0 unspecified atom stereocenters. The summed E-state index contributed by atoms with van der Waals surface area (Å²) < 4.78 is 29.5. The van der Waals surface area contributed by atoms with Crippen LogP contribution in [-0.4, -0.2) is 23.0 Å². The van der Waals surface area contributed by atoms with Gasteiger partial charge in [-0.15, -0.1) is 0 Å². The number of rotatable bonds is 5. The zero-order valence-corrected chi connectivity index (χ0v) is 14.8. The standard InChI is InChI=1S/C15H18N4O2S2/c1-4-13-18-19-14(11(3)17-15(19)22-13)23(20,21)16-9-12-8-6-5-7-10(12)2/h5-8,16H,4,9H2,1-3H3. The molecule has 0 amide bonds. The van der Waals surface area contributed by atoms with Crippen LogP contribution in [0.3, 0.4) is 0 Å². The largest absolute Gasteiger partial charge is 0.260 e. The van der Waals surface area contributed by atoms with Gasteiger partial charge in [0.15, 0.2) is 5.03 Å². The van der Waals surface area contributed by atoms with Crippen molar-refractivity contribution >= 4 is 26.3 Å². The highest BCUT2D eigenvalue weighted by Crippen LogP contribution is 2.22. The zero-order chi connectivity index (χ0) is 16.6. The molecule has 1 N–H and O–H groups in total. The van der Waals surface area contributed by atoms with E-state index < -0.39 is 10.0 Å². The lowest BCUT2D eigenvalue weighted by atomic mass is 10.1. The Morgan fingerprint density at radius 3 is 2.70 bits per heavy atom. The SMILES string of the molecule is CCc1nn2c(S(=O)(=O)NCc3ccccc3C)c(C)nc2s1. The van der Waals surface area contributed by atoms with Gasteiger partial charge < -0.3 is 0 Å². The third kappa shape index (κ3) is 3.01. The van der Waals surface area contributed by atoms with E-state index in [0.29, 0.717) is 10.7 Å². The minimum atomic E-state index is -3.69. The molecule has 23 heavy (non-hydrogen) atoms. The normalized spacial score (nSPS) is 12.1. The summed E-state index contributed by atoms with van der Waals surface area (Å²) in [6.45, 7) is 5.87. The smallest absolute Gasteiger partial charge is 0.221 e. The summed E-state index contributed by atoms with van der Waals surface area (Å²) in [4.78, 5) is 4.93. The molecule has 0 aliphatic rings. The van der Waals surface area contributed by atoms with E-state index >= 15 is 0 Å². The van der Waals surface area contributed by atoms with Crippen LogP contribution in [0.1, 0.15) is 28.8 Å². The highest BCUT2D eigenvalue weighted by atomic mass is 32.2. The maximum absolute atomic E-state index is 12.7. The van der Waals surface area contributed by atoms with Gasteiger partial charge in [-0.1, -0.05) is 42.5 Å². The van der Waals surface area contributed by atoms with Gasteiger partial charge >= 0.3 is 0 Å². The molecule has 0 aliphatic heterocycles. The van der Waals surface area contributed by atoms with Gasteiger partial charge in [-0.05, 0) is 31.4 Å². The molecule has 6 nitrogen and oxygen atoms in total. The summed E-state index contributed by atoms with van der Waals surface area (Å²) in [5.74, 6) is 0. The fourth-order valence-electron chi connectivity index (χ4n) is 2.37. The van der Waals surface area contributed by atoms with Crippen LogP contribution in [0.5, 0.6) is 0 Å². The van der Waals surface area contributed by atoms with Crippen molar-refractivity contribution in [2.24, 2.45) is 0 Å². The van der Waals surface area contributed by atoms with Gasteiger partial charge in [-0.2, -0.15) is 9.61 Å². The molecule has 0 aliphatic carbocycles. The highest BCUT2D eigenvalue weighted by molar-refractivity contribution is 7.89. The van der Waals surface area contributed by atoms with E-state index in [0.717, 1.165) is 22.6 Å². The van der Waals surface area contributed by atoms with E-state index in [9.17, 15) is 8.42 Å². The lowest BCUT2D eigenvalue weighted by Gasteiger charge is -2.08. The van der Waals surface area contributed by atoms with Gasteiger partial charge in [0.1, 0.15) is 5.01 Å². The molecule has 0 spiro atoms. The molecule has 3 rings (SSSR count). The maximum atomic E-state index is 12.7. The Bertz CT molecular complexity index is 957. The van der Waals surface area contributed by atoms with Gasteiger partial charge in [0.25, 0.3) is 10.0 Å². The minimum Gasteiger partial charge on any atom is -0.221 e. The summed E-state index contributed by atoms with van der Waals surface area (Å²) >= 11 is 1.41. The van der Waals surface area contributed by atoms with Crippen molar-refractivity contribution in [3.63, 3.8) is 0 Å². The Morgan fingerprint density at radius 1 is 1.26 bits per heavy atom. The fourth-order valence-corrected chi connectivity index (χ4v) is 4.58. The van der Waals surface area contributed by atoms with Crippen LogP contribution in [0, 0.1) is 13.8 Å². The second kappa shape index (κ2) is 6.03. The molecule has 122 valence electrons. The van der Waals surface area contributed by atoms with Crippen LogP contribution >= 0.6 is 11.3 Å². The summed E-state index contributed by atoms with van der Waals surface area (Å²) in [6, 6.07) is 7.70. The summed E-state index contributed by atoms with van der Waals surface area (Å²) in [6.07, 6.45) is 0.753. The Kier molecular flexibility index (Phi) is 4.22. The first kappa shape index (κ1) is 16.1. The van der Waals surface area contributed by atoms with E-state index in [1.165, 1.54) is 15.9 Å². The average molecular weight is 350 g/mol. The molecule has 0 atom stereocenters. The Morgan fingerprint density at radius 2 is 2.00 bits per heavy atom. The van der Waals surface area contributed by atoms with Crippen LogP contribution in [-0.2, 0) is 23.0 Å². The van der Waals surface area contributed by atoms with Crippen molar-refractivity contribution in [2.75, 3.05) is 0 Å². The van der Waals surface area contributed by atoms with E-state index in [2.05, 4.69) is 14.8 Å². The first-order chi connectivity index (χ1) is 10.9. The van der Waals surface area contributed by atoms with Crippen LogP contribution in [0.2, 0.25) is 0 Å². The molecule has 1 aromatic carbocycles. The van der Waals surface area contributed by atoms with Crippen LogP contribution in [0.4, 0.5) is 0 Å². The number of nitrogens with one attached hydrogen (secondary N) is 1. The number of sulfonamides is 1. The molecule has 2 heterocycles. The van der Waals surface area contributed by atoms with Gasteiger partial charge in [0, 0.05) is 6.54 Å². The fraction of sp³-hybridized carbons (Fsp3) is 0.333. The third-order valence-corrected chi connectivity index (χ3v) is 6.19. The molecule has 0 bridgehead atoms. The van der Waals surface area contributed by atoms with Crippen molar-refractivity contribution < 1.29 is 8.42 Å². The maximum Gasteiger partial charge on any atom is 0.260 e. The number of imidazole rings is 1. The average Bonchev–Trinajstić information content (AvgIpc) is 3.02. The number of nitrogens with zero attached hydrogens (tertiary/aromatic N) is 3. The van der Waals surface area contributed by atoms with Crippen molar-refractivity contribution in [2.45, 2.75) is 38.8 Å². The van der Waals surface area contributed by atoms with Gasteiger partial charge in [-0.25, -0.2) is 18.1 Å².